The molecule has 1 aliphatic carbocycles. The van der Waals surface area contributed by atoms with E-state index in [9.17, 15) is 10.2 Å². The van der Waals surface area contributed by atoms with Crippen LogP contribution in [-0.2, 0) is 0 Å². The molecule has 4 N–H and O–H groups in total. The summed E-state index contributed by atoms with van der Waals surface area (Å²) in [5.41, 5.74) is 6.67. The highest BCUT2D eigenvalue weighted by Gasteiger charge is 2.34. The van der Waals surface area contributed by atoms with E-state index in [0.29, 0.717) is 11.7 Å². The van der Waals surface area contributed by atoms with Gasteiger partial charge in [-0.3, -0.25) is 0 Å². The zero-order chi connectivity index (χ0) is 11.7. The van der Waals surface area contributed by atoms with Crippen LogP contribution < -0.4 is 10.5 Å². The molecule has 96 valence electrons. The maximum atomic E-state index is 9.89. The van der Waals surface area contributed by atoms with E-state index in [1.54, 1.807) is 18.2 Å². The first-order chi connectivity index (χ1) is 7.63. The Morgan fingerprint density at radius 1 is 1.41 bits per heavy atom. The lowest BCUT2D eigenvalue weighted by Gasteiger charge is -2.19. The molecule has 2 rings (SSSR count). The van der Waals surface area contributed by atoms with Crippen molar-refractivity contribution >= 4 is 12.4 Å². The fourth-order valence-electron chi connectivity index (χ4n) is 1.84. The van der Waals surface area contributed by atoms with Crippen molar-refractivity contribution in [3.05, 3.63) is 23.8 Å². The van der Waals surface area contributed by atoms with Gasteiger partial charge in [0, 0.05) is 0 Å². The summed E-state index contributed by atoms with van der Waals surface area (Å²) in [6.07, 6.45) is 1.56. The van der Waals surface area contributed by atoms with Crippen LogP contribution in [0.15, 0.2) is 18.2 Å². The van der Waals surface area contributed by atoms with Gasteiger partial charge < -0.3 is 20.7 Å². The second-order valence-corrected chi connectivity index (χ2v) is 4.29. The molecule has 2 atom stereocenters. The minimum Gasteiger partial charge on any atom is -0.504 e. The maximum Gasteiger partial charge on any atom is 0.160 e. The molecule has 1 aromatic carbocycles. The predicted octanol–water partition coefficient (Wildman–Crippen LogP) is 1.59. The van der Waals surface area contributed by atoms with Crippen molar-refractivity contribution in [1.82, 2.24) is 0 Å². The summed E-state index contributed by atoms with van der Waals surface area (Å²) in [6, 6.07) is 4.54. The normalized spacial score (nSPS) is 18.1. The third-order valence-corrected chi connectivity index (χ3v) is 3.06. The number of benzene rings is 1. The standard InChI is InChI=1S/C12H17NO3.ClH/c1-16-10-5-4-8(6-9(10)14)11(13)12(15)7-2-3-7;/h4-7,11-12,14-15H,2-3,13H2,1H3;1H/t11-,12+;/m0./s1. The van der Waals surface area contributed by atoms with Crippen LogP contribution in [0.5, 0.6) is 11.5 Å². The molecule has 1 saturated carbocycles. The molecule has 17 heavy (non-hydrogen) atoms. The molecule has 0 amide bonds. The van der Waals surface area contributed by atoms with Crippen LogP contribution in [0.25, 0.3) is 0 Å². The third kappa shape index (κ3) is 3.03. The van der Waals surface area contributed by atoms with Gasteiger partial charge in [-0.05, 0) is 36.5 Å². The van der Waals surface area contributed by atoms with Crippen LogP contribution in [-0.4, -0.2) is 23.4 Å². The van der Waals surface area contributed by atoms with E-state index in [1.807, 2.05) is 0 Å². The number of hydrogen-bond acceptors (Lipinski definition) is 4. The van der Waals surface area contributed by atoms with Crippen molar-refractivity contribution in [3.63, 3.8) is 0 Å². The molecule has 0 heterocycles. The maximum absolute atomic E-state index is 9.89. The monoisotopic (exact) mass is 259 g/mol. The first-order valence-electron chi connectivity index (χ1n) is 5.44. The largest absolute Gasteiger partial charge is 0.504 e. The van der Waals surface area contributed by atoms with Crippen molar-refractivity contribution < 1.29 is 14.9 Å². The number of methoxy groups -OCH3 is 1. The first kappa shape index (κ1) is 14.1. The smallest absolute Gasteiger partial charge is 0.160 e. The molecule has 0 radical (unpaired) electrons. The number of phenols is 1. The molecule has 0 bridgehead atoms. The molecule has 1 aromatic rings. The van der Waals surface area contributed by atoms with Crippen LogP contribution in [0, 0.1) is 5.92 Å². The Balaban J connectivity index is 0.00000144. The summed E-state index contributed by atoms with van der Waals surface area (Å²) < 4.78 is 4.95. The Hall–Kier alpha value is -0.970. The van der Waals surface area contributed by atoms with E-state index in [0.717, 1.165) is 18.4 Å². The zero-order valence-electron chi connectivity index (χ0n) is 9.67. The van der Waals surface area contributed by atoms with Crippen LogP contribution >= 0.6 is 12.4 Å². The number of nitrogens with two attached hydrogens (primary N) is 1. The van der Waals surface area contributed by atoms with E-state index in [-0.39, 0.29) is 18.2 Å². The van der Waals surface area contributed by atoms with Gasteiger partial charge in [-0.25, -0.2) is 0 Å². The molecular formula is C12H18ClNO3. The number of halogens is 1. The van der Waals surface area contributed by atoms with Crippen molar-refractivity contribution in [2.75, 3.05) is 7.11 Å². The van der Waals surface area contributed by atoms with E-state index in [2.05, 4.69) is 0 Å². The molecular weight excluding hydrogens is 242 g/mol. The summed E-state index contributed by atoms with van der Waals surface area (Å²) in [6.45, 7) is 0. The Labute approximate surface area is 107 Å². The van der Waals surface area contributed by atoms with Gasteiger partial charge in [0.25, 0.3) is 0 Å². The van der Waals surface area contributed by atoms with E-state index in [1.165, 1.54) is 7.11 Å². The number of aliphatic hydroxyl groups is 1. The quantitative estimate of drug-likeness (QED) is 0.768. The lowest BCUT2D eigenvalue weighted by molar-refractivity contribution is 0.122. The molecule has 0 unspecified atom stereocenters. The third-order valence-electron chi connectivity index (χ3n) is 3.06. The SMILES string of the molecule is COc1ccc([C@H](N)[C@H](O)C2CC2)cc1O.Cl. The van der Waals surface area contributed by atoms with Gasteiger partial charge in [0.05, 0.1) is 19.3 Å². The Bertz CT molecular complexity index is 382. The topological polar surface area (TPSA) is 75.7 Å². The van der Waals surface area contributed by atoms with Crippen molar-refractivity contribution in [1.29, 1.82) is 0 Å². The molecule has 5 heteroatoms. The number of aromatic hydroxyl groups is 1. The van der Waals surface area contributed by atoms with Crippen LogP contribution in [0.3, 0.4) is 0 Å². The Morgan fingerprint density at radius 3 is 2.53 bits per heavy atom. The average molecular weight is 260 g/mol. The average Bonchev–Trinajstić information content (AvgIpc) is 3.11. The molecule has 0 aliphatic heterocycles. The van der Waals surface area contributed by atoms with Gasteiger partial charge in [-0.1, -0.05) is 6.07 Å². The van der Waals surface area contributed by atoms with Crippen molar-refractivity contribution in [3.8, 4) is 11.5 Å². The van der Waals surface area contributed by atoms with Gasteiger partial charge in [-0.2, -0.15) is 0 Å². The molecule has 0 spiro atoms. The van der Waals surface area contributed by atoms with Crippen LogP contribution in [0.1, 0.15) is 24.4 Å². The summed E-state index contributed by atoms with van der Waals surface area (Å²) in [5, 5.41) is 19.5. The number of hydrogen-bond donors (Lipinski definition) is 3. The highest BCUT2D eigenvalue weighted by molar-refractivity contribution is 5.85. The summed E-state index contributed by atoms with van der Waals surface area (Å²) in [7, 11) is 1.49. The Kier molecular flexibility index (Phi) is 4.62. The lowest BCUT2D eigenvalue weighted by Crippen LogP contribution is -2.27. The fraction of sp³-hybridized carbons (Fsp3) is 0.500. The fourth-order valence-corrected chi connectivity index (χ4v) is 1.84. The van der Waals surface area contributed by atoms with E-state index in [4.69, 9.17) is 10.5 Å². The van der Waals surface area contributed by atoms with Crippen molar-refractivity contribution in [2.45, 2.75) is 25.0 Å². The number of ether oxygens (including phenoxy) is 1. The lowest BCUT2D eigenvalue weighted by atomic mass is 9.99. The molecule has 1 aliphatic rings. The van der Waals surface area contributed by atoms with Crippen molar-refractivity contribution in [2.24, 2.45) is 11.7 Å². The Morgan fingerprint density at radius 2 is 2.06 bits per heavy atom. The number of phenolic OH excluding ortho intramolecular Hbond substituents is 1. The van der Waals surface area contributed by atoms with Crippen LogP contribution in [0.2, 0.25) is 0 Å². The molecule has 4 nitrogen and oxygen atoms in total. The van der Waals surface area contributed by atoms with Crippen LogP contribution in [0.4, 0.5) is 0 Å². The van der Waals surface area contributed by atoms with E-state index < -0.39 is 12.1 Å². The summed E-state index contributed by atoms with van der Waals surface area (Å²) >= 11 is 0. The molecule has 0 aromatic heterocycles. The second-order valence-electron chi connectivity index (χ2n) is 4.29. The first-order valence-corrected chi connectivity index (χ1v) is 5.44. The van der Waals surface area contributed by atoms with Gasteiger partial charge in [0.15, 0.2) is 11.5 Å². The van der Waals surface area contributed by atoms with Gasteiger partial charge in [0.1, 0.15) is 0 Å². The van der Waals surface area contributed by atoms with E-state index >= 15 is 0 Å². The number of rotatable bonds is 4. The van der Waals surface area contributed by atoms with Gasteiger partial charge in [-0.15, -0.1) is 12.4 Å². The molecule has 1 fully saturated rings. The zero-order valence-corrected chi connectivity index (χ0v) is 10.5. The van der Waals surface area contributed by atoms with Gasteiger partial charge in [0.2, 0.25) is 0 Å². The highest BCUT2D eigenvalue weighted by Crippen LogP contribution is 2.38. The predicted molar refractivity (Wildman–Crippen MR) is 67.6 cm³/mol. The molecule has 0 saturated heterocycles. The van der Waals surface area contributed by atoms with Gasteiger partial charge >= 0.3 is 0 Å². The minimum atomic E-state index is -0.521. The summed E-state index contributed by atoms with van der Waals surface area (Å²) in [4.78, 5) is 0. The highest BCUT2D eigenvalue weighted by atomic mass is 35.5. The second kappa shape index (κ2) is 5.58. The summed E-state index contributed by atoms with van der Waals surface area (Å²) in [5.74, 6) is 0.787. The number of aliphatic hydroxyl groups excluding tert-OH is 1. The minimum absolute atomic E-state index is 0.